The van der Waals surface area contributed by atoms with E-state index in [-0.39, 0.29) is 172 Å². The Balaban J connectivity index is 0.802. The fourth-order valence-electron chi connectivity index (χ4n) is 9.81. The third-order valence-corrected chi connectivity index (χ3v) is 16.5. The number of carbonyl (C=O) groups excluding carboxylic acids is 6. The Kier molecular flexibility index (Phi) is 26.4. The second kappa shape index (κ2) is 36.7. The number of aryl methyl sites for hydroxylation is 3. The minimum absolute atomic E-state index is 0.0177. The van der Waals surface area contributed by atoms with Crippen LogP contribution in [0.15, 0.2) is 119 Å². The van der Waals surface area contributed by atoms with Crippen LogP contribution in [-0.2, 0) is 81.3 Å². The summed E-state index contributed by atoms with van der Waals surface area (Å²) in [6, 6.07) is 26.9. The van der Waals surface area contributed by atoms with E-state index >= 15 is 0 Å². The predicted molar refractivity (Wildman–Crippen MR) is 360 cm³/mol. The zero-order valence-electron chi connectivity index (χ0n) is 57.6. The molecule has 0 bridgehead atoms. The van der Waals surface area contributed by atoms with Crippen molar-refractivity contribution in [3.63, 3.8) is 0 Å². The number of aromatic nitrogens is 10. The number of amidine groups is 1. The number of carbonyl (C=O) groups is 6. The van der Waals surface area contributed by atoms with Gasteiger partial charge in [-0.15, -0.1) is 0 Å². The van der Waals surface area contributed by atoms with Gasteiger partial charge in [-0.1, -0.05) is 127 Å². The molecule has 5 aromatic heterocycles. The molecule has 9 aromatic rings. The molecule has 4 unspecified atom stereocenters. The van der Waals surface area contributed by atoms with Crippen LogP contribution < -0.4 is 5.32 Å². The highest BCUT2D eigenvalue weighted by molar-refractivity contribution is 6.00. The predicted octanol–water partition coefficient (Wildman–Crippen LogP) is 11.8. The Morgan fingerprint density at radius 3 is 1.05 bits per heavy atom. The number of hydrogen-bond acceptors (Lipinski definition) is 30. The van der Waals surface area contributed by atoms with Gasteiger partial charge in [0, 0.05) is 69.3 Å². The average Bonchev–Trinajstić information content (AvgIpc) is 1.53. The molecule has 6 heterocycles. The Morgan fingerprint density at radius 1 is 0.392 bits per heavy atom. The summed E-state index contributed by atoms with van der Waals surface area (Å²) < 4.78 is 60.3. The monoisotopic (exact) mass is 1400 g/mol. The number of ether oxygens (including phenoxy) is 6. The van der Waals surface area contributed by atoms with Crippen molar-refractivity contribution >= 4 is 41.7 Å². The van der Waals surface area contributed by atoms with E-state index in [1.54, 1.807) is 72.8 Å². The molecule has 1 N–H and O–H groups in total. The summed E-state index contributed by atoms with van der Waals surface area (Å²) in [6.45, 7) is 12.6. The highest BCUT2D eigenvalue weighted by atomic mass is 16.7. The molecule has 0 saturated heterocycles. The van der Waals surface area contributed by atoms with Gasteiger partial charge in [0.15, 0.2) is 5.84 Å². The average molecular weight is 1400 g/mol. The number of unbranched alkanes of at least 4 members (excludes halogenated alkanes) is 3. The molecule has 1 aliphatic rings. The lowest BCUT2D eigenvalue weighted by molar-refractivity contribution is -0.149. The first kappa shape index (κ1) is 73.4. The van der Waals surface area contributed by atoms with E-state index < -0.39 is 24.1 Å². The number of nitrogens with zero attached hydrogens (tertiary/aromatic N) is 11. The van der Waals surface area contributed by atoms with Gasteiger partial charge in [0.2, 0.25) is 53.0 Å². The molecule has 30 heteroatoms. The van der Waals surface area contributed by atoms with Gasteiger partial charge in [-0.25, -0.2) is 0 Å². The lowest BCUT2D eigenvalue weighted by atomic mass is 10.0. The van der Waals surface area contributed by atoms with Crippen molar-refractivity contribution in [1.29, 1.82) is 0 Å². The molecule has 0 amide bonds. The maximum absolute atomic E-state index is 12.5. The Hall–Kier alpha value is -11.3. The highest BCUT2D eigenvalue weighted by Crippen LogP contribution is 2.35. The highest BCUT2D eigenvalue weighted by Gasteiger charge is 2.28. The topological polar surface area (TPSA) is 386 Å². The van der Waals surface area contributed by atoms with Crippen LogP contribution in [-0.4, -0.2) is 132 Å². The van der Waals surface area contributed by atoms with E-state index in [0.717, 1.165) is 0 Å². The maximum Gasteiger partial charge on any atom is 0.308 e. The molecule has 0 radical (unpaired) electrons. The van der Waals surface area contributed by atoms with Gasteiger partial charge in [0.05, 0.1) is 76.7 Å². The Bertz CT molecular complexity index is 4140. The van der Waals surface area contributed by atoms with Crippen molar-refractivity contribution < 1.29 is 84.6 Å². The van der Waals surface area contributed by atoms with Gasteiger partial charge in [0.1, 0.15) is 0 Å². The van der Waals surface area contributed by atoms with Crippen molar-refractivity contribution in [2.75, 3.05) is 39.6 Å². The molecule has 0 saturated carbocycles. The molecule has 4 atom stereocenters. The minimum Gasteiger partial charge on any atom is -0.466 e. The molecule has 4 aromatic carbocycles. The van der Waals surface area contributed by atoms with Crippen LogP contribution in [0, 0.1) is 17.8 Å². The Labute approximate surface area is 586 Å². The van der Waals surface area contributed by atoms with Crippen LogP contribution in [0.4, 0.5) is 0 Å². The minimum atomic E-state index is -0.882. The third-order valence-electron chi connectivity index (χ3n) is 16.5. The summed E-state index contributed by atoms with van der Waals surface area (Å²) in [7, 11) is 0. The van der Waals surface area contributed by atoms with Crippen molar-refractivity contribution in [2.24, 2.45) is 22.9 Å². The van der Waals surface area contributed by atoms with Crippen molar-refractivity contribution in [3.05, 3.63) is 120 Å². The largest absolute Gasteiger partial charge is 0.466 e. The lowest BCUT2D eigenvalue weighted by Crippen LogP contribution is -2.23. The summed E-state index contributed by atoms with van der Waals surface area (Å²) in [4.78, 5) is 103. The van der Waals surface area contributed by atoms with Gasteiger partial charge in [-0.05, 0) is 94.2 Å². The second-order valence-electron chi connectivity index (χ2n) is 24.3. The van der Waals surface area contributed by atoms with Gasteiger partial charge in [-0.3, -0.25) is 28.8 Å². The van der Waals surface area contributed by atoms with E-state index in [1.165, 1.54) is 0 Å². The number of nitrogens with one attached hydrogen (secondary N) is 1. The Morgan fingerprint density at radius 2 is 0.696 bits per heavy atom. The number of hydrogen-bond donors (Lipinski definition) is 1. The van der Waals surface area contributed by atoms with E-state index in [2.05, 4.69) is 51.2 Å². The fraction of sp³-hybridized carbons (Fsp3) is 0.431. The normalized spacial score (nSPS) is 13.5. The molecule has 102 heavy (non-hydrogen) atoms. The summed E-state index contributed by atoms with van der Waals surface area (Å²) in [5.41, 5.74) is 4.95. The maximum atomic E-state index is 12.5. The summed E-state index contributed by atoms with van der Waals surface area (Å²) >= 11 is 0. The molecule has 536 valence electrons. The molecule has 1 aliphatic heterocycles. The van der Waals surface area contributed by atoms with Crippen LogP contribution in [0.25, 0.3) is 79.8 Å². The van der Waals surface area contributed by atoms with Crippen molar-refractivity contribution in [1.82, 2.24) is 56.0 Å². The van der Waals surface area contributed by atoms with Crippen molar-refractivity contribution in [3.8, 4) is 79.8 Å². The standard InChI is InChI=1S/C72H80N12O18/c1-7-43(4)70(88)94-34-13-10-31-91-58(85)28-25-55-73-61(79-97-55)46-19-16-22-49(37-46)64-76-67(100-82-64)52-40-53(68-77-65(83-101-68)50-23-17-20-47(38-50)62-74-56(98-80-62)26-29-59(86)92-32-11-14-35-95-71(89)44(5)8-2)42-54(41-52)69-78-66(84-102-69)51-24-18-21-48(39-51)63-75-57(99-81-63)27-30-60(87)93-33-12-15-36-96-72(90)45(6)9-3/h16-24,37-45,67H,7-15,25-36H2,1-6H3,(H,76,82). The SMILES string of the molecule is CCC(C)C(=O)OCCCCOC(=O)CCc1nc(-c2cccc(C3=NOC(c4cc(-c5nc(-c6cccc(-c7noc(CCC(=O)OCCCCOC(=O)C(C)CC)n7)c6)no5)cc(-c5nc(-c6cccc(-c7noc(CCC(=O)OCCCCOC(=O)C(C)CC)n7)c6)no5)c4)N3)c2)no1. The van der Waals surface area contributed by atoms with Gasteiger partial charge >= 0.3 is 35.8 Å². The quantitative estimate of drug-likeness (QED) is 0.0212. The number of esters is 6. The van der Waals surface area contributed by atoms with Crippen LogP contribution in [0.3, 0.4) is 0 Å². The summed E-state index contributed by atoms with van der Waals surface area (Å²) in [5, 5.41) is 29.0. The molecular weight excluding hydrogens is 1320 g/mol. The van der Waals surface area contributed by atoms with Crippen molar-refractivity contribution in [2.45, 2.75) is 144 Å². The molecule has 10 rings (SSSR count). The number of benzene rings is 4. The number of oxime groups is 1. The smallest absolute Gasteiger partial charge is 0.308 e. The van der Waals surface area contributed by atoms with Gasteiger partial charge in [0.25, 0.3) is 11.8 Å². The summed E-state index contributed by atoms with van der Waals surface area (Å²) in [6.07, 6.45) is 5.10. The molecule has 0 fully saturated rings. The first-order valence-corrected chi connectivity index (χ1v) is 34.2. The number of rotatable bonds is 39. The fourth-order valence-corrected chi connectivity index (χ4v) is 9.81. The van der Waals surface area contributed by atoms with Crippen LogP contribution in [0.5, 0.6) is 0 Å². The molecule has 30 nitrogen and oxygen atoms in total. The lowest BCUT2D eigenvalue weighted by Gasteiger charge is -2.12. The van der Waals surface area contributed by atoms with Crippen LogP contribution >= 0.6 is 0 Å². The van der Waals surface area contributed by atoms with Gasteiger partial charge < -0.3 is 61.2 Å². The zero-order valence-corrected chi connectivity index (χ0v) is 57.6. The molecule has 0 aliphatic carbocycles. The van der Waals surface area contributed by atoms with E-state index in [4.69, 9.17) is 65.8 Å². The second-order valence-corrected chi connectivity index (χ2v) is 24.3. The van der Waals surface area contributed by atoms with E-state index in [0.29, 0.717) is 114 Å². The van der Waals surface area contributed by atoms with E-state index in [1.807, 2.05) is 59.7 Å². The molecule has 0 spiro atoms. The first-order valence-electron chi connectivity index (χ1n) is 34.2. The van der Waals surface area contributed by atoms with E-state index in [9.17, 15) is 28.8 Å². The molecular formula is C72H80N12O18. The first-order chi connectivity index (χ1) is 49.6. The van der Waals surface area contributed by atoms with Crippen LogP contribution in [0.2, 0.25) is 0 Å². The van der Waals surface area contributed by atoms with Gasteiger partial charge in [-0.2, -0.15) is 24.9 Å². The van der Waals surface area contributed by atoms with Crippen LogP contribution in [0.1, 0.15) is 154 Å². The zero-order chi connectivity index (χ0) is 71.7. The third kappa shape index (κ3) is 20.9. The summed E-state index contributed by atoms with van der Waals surface area (Å²) in [5.74, 6) is 0.167.